The van der Waals surface area contributed by atoms with Crippen molar-refractivity contribution in [1.82, 2.24) is 10.3 Å². The van der Waals surface area contributed by atoms with E-state index in [0.29, 0.717) is 33.7 Å². The number of ether oxygens (including phenoxy) is 2. The van der Waals surface area contributed by atoms with Gasteiger partial charge >= 0.3 is 0 Å². The summed E-state index contributed by atoms with van der Waals surface area (Å²) in [6.45, 7) is 0.166. The Hall–Kier alpha value is -4.44. The molecule has 0 aliphatic carbocycles. The lowest BCUT2D eigenvalue weighted by molar-refractivity contribution is -0.384. The van der Waals surface area contributed by atoms with Crippen LogP contribution >= 0.6 is 12.2 Å². The summed E-state index contributed by atoms with van der Waals surface area (Å²) in [5.41, 5.74) is 1.95. The fraction of sp³-hybridized carbons (Fsp3) is 0.120. The number of pyridine rings is 1. The maximum absolute atomic E-state index is 11.6. The smallest absolute Gasteiger partial charge is 0.280 e. The van der Waals surface area contributed by atoms with Gasteiger partial charge in [0.25, 0.3) is 5.69 Å². The summed E-state index contributed by atoms with van der Waals surface area (Å²) in [4.78, 5) is 17.6. The molecule has 4 heterocycles. The molecule has 35 heavy (non-hydrogen) atoms. The second-order valence-corrected chi connectivity index (χ2v) is 8.40. The van der Waals surface area contributed by atoms with Gasteiger partial charge in [-0.25, -0.2) is 0 Å². The maximum atomic E-state index is 11.6. The van der Waals surface area contributed by atoms with Crippen LogP contribution < -0.4 is 19.7 Å². The van der Waals surface area contributed by atoms with Gasteiger partial charge in [-0.05, 0) is 54.7 Å². The van der Waals surface area contributed by atoms with Gasteiger partial charge in [-0.3, -0.25) is 15.1 Å². The van der Waals surface area contributed by atoms with Crippen molar-refractivity contribution >= 4 is 28.7 Å². The molecule has 9 nitrogen and oxygen atoms in total. The number of rotatable bonds is 5. The number of hydrogen-bond acceptors (Lipinski definition) is 7. The SMILES string of the molecule is O=[N+]([O-])c1ccccc1-c1ccc([C@H]2[C@H](c3ccccn3)NC(=S)N2c2ccc3c(c2)OCO3)o1. The van der Waals surface area contributed by atoms with Crippen LogP contribution in [-0.2, 0) is 0 Å². The molecule has 2 atom stereocenters. The molecule has 0 amide bonds. The molecule has 2 aliphatic rings. The van der Waals surface area contributed by atoms with Crippen LogP contribution in [0.4, 0.5) is 11.4 Å². The van der Waals surface area contributed by atoms with E-state index >= 15 is 0 Å². The number of nitro benzene ring substituents is 1. The van der Waals surface area contributed by atoms with Gasteiger partial charge in [0, 0.05) is 24.0 Å². The summed E-state index contributed by atoms with van der Waals surface area (Å²) in [5.74, 6) is 2.28. The zero-order valence-corrected chi connectivity index (χ0v) is 19.0. The van der Waals surface area contributed by atoms with Gasteiger partial charge in [0.1, 0.15) is 17.6 Å². The number of aromatic nitrogens is 1. The zero-order chi connectivity index (χ0) is 23.9. The Labute approximate surface area is 205 Å². The predicted octanol–water partition coefficient (Wildman–Crippen LogP) is 5.16. The van der Waals surface area contributed by atoms with Gasteiger partial charge in [-0.2, -0.15) is 0 Å². The average molecular weight is 487 g/mol. The van der Waals surface area contributed by atoms with E-state index in [9.17, 15) is 10.1 Å². The van der Waals surface area contributed by atoms with Crippen LogP contribution in [0, 0.1) is 10.1 Å². The number of fused-ring (bicyclic) bond motifs is 1. The Morgan fingerprint density at radius 2 is 1.86 bits per heavy atom. The minimum absolute atomic E-state index is 0.0256. The first kappa shape index (κ1) is 21.1. The lowest BCUT2D eigenvalue weighted by atomic mass is 10.0. The fourth-order valence-electron chi connectivity index (χ4n) is 4.45. The number of nitrogens with one attached hydrogen (secondary N) is 1. The van der Waals surface area contributed by atoms with E-state index in [-0.39, 0.29) is 18.5 Å². The molecule has 2 aliphatic heterocycles. The van der Waals surface area contributed by atoms with Gasteiger partial charge in [-0.1, -0.05) is 18.2 Å². The first-order valence-electron chi connectivity index (χ1n) is 10.8. The summed E-state index contributed by atoms with van der Waals surface area (Å²) in [7, 11) is 0. The van der Waals surface area contributed by atoms with Gasteiger partial charge in [0.05, 0.1) is 22.2 Å². The molecule has 174 valence electrons. The van der Waals surface area contributed by atoms with Crippen LogP contribution in [0.5, 0.6) is 11.5 Å². The highest BCUT2D eigenvalue weighted by molar-refractivity contribution is 7.80. The lowest BCUT2D eigenvalue weighted by Gasteiger charge is -2.26. The molecular weight excluding hydrogens is 468 g/mol. The van der Waals surface area contributed by atoms with E-state index in [1.807, 2.05) is 47.4 Å². The van der Waals surface area contributed by atoms with E-state index in [1.165, 1.54) is 6.07 Å². The number of thiocarbonyl (C=S) groups is 1. The summed E-state index contributed by atoms with van der Waals surface area (Å²) >= 11 is 5.74. The van der Waals surface area contributed by atoms with Crippen LogP contribution in [0.25, 0.3) is 11.3 Å². The Kier molecular flexibility index (Phi) is 5.07. The Morgan fingerprint density at radius 3 is 2.69 bits per heavy atom. The maximum Gasteiger partial charge on any atom is 0.280 e. The van der Waals surface area contributed by atoms with Gasteiger partial charge in [0.15, 0.2) is 16.6 Å². The normalized spacial score (nSPS) is 18.5. The molecule has 2 aromatic carbocycles. The first-order valence-corrected chi connectivity index (χ1v) is 11.2. The third-order valence-corrected chi connectivity index (χ3v) is 6.33. The molecule has 0 radical (unpaired) electrons. The number of anilines is 1. The van der Waals surface area contributed by atoms with E-state index in [1.54, 1.807) is 30.5 Å². The second kappa shape index (κ2) is 8.41. The van der Waals surface area contributed by atoms with Crippen molar-refractivity contribution in [3.8, 4) is 22.8 Å². The van der Waals surface area contributed by atoms with Crippen molar-refractivity contribution < 1.29 is 18.8 Å². The molecule has 2 aromatic heterocycles. The highest BCUT2D eigenvalue weighted by atomic mass is 32.1. The lowest BCUT2D eigenvalue weighted by Crippen LogP contribution is -2.29. The number of hydrogen-bond donors (Lipinski definition) is 1. The number of nitro groups is 1. The Morgan fingerprint density at radius 1 is 1.03 bits per heavy atom. The molecule has 0 unspecified atom stereocenters. The predicted molar refractivity (Wildman–Crippen MR) is 131 cm³/mol. The van der Waals surface area contributed by atoms with Crippen LogP contribution in [0.15, 0.2) is 83.4 Å². The van der Waals surface area contributed by atoms with Crippen molar-refractivity contribution in [3.05, 3.63) is 101 Å². The van der Waals surface area contributed by atoms with E-state index in [2.05, 4.69) is 10.3 Å². The topological polar surface area (TPSA) is 103 Å². The number of para-hydroxylation sites is 1. The molecule has 1 saturated heterocycles. The molecule has 0 spiro atoms. The minimum Gasteiger partial charge on any atom is -0.459 e. The van der Waals surface area contributed by atoms with Crippen LogP contribution in [0.3, 0.4) is 0 Å². The monoisotopic (exact) mass is 486 g/mol. The highest BCUT2D eigenvalue weighted by Gasteiger charge is 2.43. The molecular formula is C25H18N4O5S. The Balaban J connectivity index is 1.46. The van der Waals surface area contributed by atoms with Crippen molar-refractivity contribution in [3.63, 3.8) is 0 Å². The van der Waals surface area contributed by atoms with Gasteiger partial charge < -0.3 is 24.1 Å². The summed E-state index contributed by atoms with van der Waals surface area (Å²) in [6, 6.07) is 20.6. The third kappa shape index (κ3) is 3.64. The summed E-state index contributed by atoms with van der Waals surface area (Å²) in [6.07, 6.45) is 1.72. The minimum atomic E-state index is -0.417. The second-order valence-electron chi connectivity index (χ2n) is 8.01. The standard InChI is InChI=1S/C25H18N4O5S/c30-29(31)18-7-2-1-5-16(18)19-10-11-21(34-19)24-23(17-6-3-4-12-26-17)27-25(35)28(24)15-8-9-20-22(13-15)33-14-32-20/h1-13,23-24H,14H2,(H,27,35)/t23-,24-/m0/s1. The number of benzene rings is 2. The fourth-order valence-corrected chi connectivity index (χ4v) is 4.80. The molecule has 1 N–H and O–H groups in total. The summed E-state index contributed by atoms with van der Waals surface area (Å²) < 4.78 is 17.3. The van der Waals surface area contributed by atoms with Crippen LogP contribution in [0.2, 0.25) is 0 Å². The van der Waals surface area contributed by atoms with Gasteiger partial charge in [-0.15, -0.1) is 0 Å². The number of furan rings is 1. The van der Waals surface area contributed by atoms with Crippen molar-refractivity contribution in [2.75, 3.05) is 11.7 Å². The molecule has 10 heteroatoms. The highest BCUT2D eigenvalue weighted by Crippen LogP contribution is 2.45. The molecule has 0 bridgehead atoms. The molecule has 1 fully saturated rings. The van der Waals surface area contributed by atoms with Gasteiger partial charge in [0.2, 0.25) is 6.79 Å². The van der Waals surface area contributed by atoms with Crippen molar-refractivity contribution in [1.29, 1.82) is 0 Å². The molecule has 4 aromatic rings. The largest absolute Gasteiger partial charge is 0.459 e. The first-order chi connectivity index (χ1) is 17.1. The molecule has 6 rings (SSSR count). The van der Waals surface area contributed by atoms with Crippen LogP contribution in [0.1, 0.15) is 23.5 Å². The summed E-state index contributed by atoms with van der Waals surface area (Å²) in [5, 5.41) is 15.4. The van der Waals surface area contributed by atoms with E-state index < -0.39 is 11.0 Å². The average Bonchev–Trinajstić information content (AvgIpc) is 3.62. The van der Waals surface area contributed by atoms with Crippen molar-refractivity contribution in [2.45, 2.75) is 12.1 Å². The van der Waals surface area contributed by atoms with Crippen molar-refractivity contribution in [2.24, 2.45) is 0 Å². The van der Waals surface area contributed by atoms with Crippen LogP contribution in [-0.4, -0.2) is 21.8 Å². The van der Waals surface area contributed by atoms with E-state index in [0.717, 1.165) is 11.4 Å². The molecule has 0 saturated carbocycles. The van der Waals surface area contributed by atoms with E-state index in [4.69, 9.17) is 26.1 Å². The quantitative estimate of drug-likeness (QED) is 0.233. The zero-order valence-electron chi connectivity index (χ0n) is 18.2. The number of nitrogens with zero attached hydrogens (tertiary/aromatic N) is 3. The Bertz CT molecular complexity index is 1440. The third-order valence-electron chi connectivity index (χ3n) is 6.02.